The number of nitrogens with two attached hydrogens (primary N) is 1. The van der Waals surface area contributed by atoms with E-state index in [1.165, 1.54) is 0 Å². The monoisotopic (exact) mass is 209 g/mol. The Bertz CT molecular complexity index is 55.7. The summed E-state index contributed by atoms with van der Waals surface area (Å²) >= 11 is 1.70. The van der Waals surface area contributed by atoms with Gasteiger partial charge in [0.05, 0.1) is 0 Å². The molecule has 0 aromatic carbocycles. The van der Waals surface area contributed by atoms with Crippen molar-refractivity contribution in [2.45, 2.75) is 5.21 Å². The van der Waals surface area contributed by atoms with Crippen molar-refractivity contribution >= 4 is 16.9 Å². The summed E-state index contributed by atoms with van der Waals surface area (Å²) in [5.74, 6) is 0. The fraction of sp³-hybridized carbons (Fsp3) is 1.00. The summed E-state index contributed by atoms with van der Waals surface area (Å²) in [4.78, 5) is 0. The quantitative estimate of drug-likeness (QED) is 0.433. The molecule has 0 bridgehead atoms. The zero-order valence-corrected chi connectivity index (χ0v) is 8.64. The molecule has 0 saturated heterocycles. The minimum atomic E-state index is 0.594. The van der Waals surface area contributed by atoms with Crippen LogP contribution in [-0.2, 0) is 9.47 Å². The Morgan fingerprint density at radius 2 is 1.60 bits per heavy atom. The fourth-order valence-electron chi connectivity index (χ4n) is 0.489. The van der Waals surface area contributed by atoms with E-state index in [2.05, 4.69) is 0 Å². The van der Waals surface area contributed by atoms with Gasteiger partial charge in [-0.3, -0.25) is 0 Å². The van der Waals surface area contributed by atoms with Gasteiger partial charge in [-0.05, 0) is 0 Å². The number of ether oxygens (including phenoxy) is 2. The van der Waals surface area contributed by atoms with Crippen LogP contribution in [0.3, 0.4) is 0 Å². The van der Waals surface area contributed by atoms with Crippen LogP contribution in [0.5, 0.6) is 0 Å². The number of rotatable bonds is 7. The summed E-state index contributed by atoms with van der Waals surface area (Å²) in [7, 11) is 0. The molecule has 0 amide bonds. The molecule has 0 saturated carbocycles. The van der Waals surface area contributed by atoms with E-state index in [9.17, 15) is 0 Å². The van der Waals surface area contributed by atoms with E-state index in [-0.39, 0.29) is 0 Å². The molecule has 1 atom stereocenters. The average Bonchev–Trinajstić information content (AvgIpc) is 1.97. The SMILES string of the molecule is NCCOCCOCC[AsH2]. The Morgan fingerprint density at radius 1 is 1.00 bits per heavy atom. The van der Waals surface area contributed by atoms with Crippen molar-refractivity contribution in [2.24, 2.45) is 5.73 Å². The first-order valence-electron chi connectivity index (χ1n) is 3.47. The minimum absolute atomic E-state index is 0.594. The zero-order chi connectivity index (χ0) is 7.66. The van der Waals surface area contributed by atoms with Gasteiger partial charge >= 0.3 is 70.2 Å². The summed E-state index contributed by atoms with van der Waals surface area (Å²) in [6, 6.07) is 0. The van der Waals surface area contributed by atoms with Gasteiger partial charge in [-0.1, -0.05) is 0 Å². The van der Waals surface area contributed by atoms with Gasteiger partial charge in [0.2, 0.25) is 0 Å². The zero-order valence-electron chi connectivity index (χ0n) is 6.21. The Morgan fingerprint density at radius 3 is 2.10 bits per heavy atom. The Labute approximate surface area is 70.8 Å². The predicted molar refractivity (Wildman–Crippen MR) is 44.0 cm³/mol. The molecule has 0 aromatic heterocycles. The Kier molecular flexibility index (Phi) is 9.85. The van der Waals surface area contributed by atoms with Crippen LogP contribution in [-0.4, -0.2) is 49.8 Å². The van der Waals surface area contributed by atoms with Crippen molar-refractivity contribution in [3.63, 3.8) is 0 Å². The van der Waals surface area contributed by atoms with Crippen LogP contribution in [0.15, 0.2) is 0 Å². The van der Waals surface area contributed by atoms with Crippen molar-refractivity contribution in [2.75, 3.05) is 33.0 Å². The van der Waals surface area contributed by atoms with Gasteiger partial charge in [0.15, 0.2) is 0 Å². The van der Waals surface area contributed by atoms with E-state index in [1.54, 1.807) is 16.9 Å². The average molecular weight is 209 g/mol. The molecule has 0 aliphatic rings. The van der Waals surface area contributed by atoms with E-state index in [4.69, 9.17) is 15.2 Å². The predicted octanol–water partition coefficient (Wildman–Crippen LogP) is -0.970. The molecule has 0 aliphatic heterocycles. The van der Waals surface area contributed by atoms with Crippen molar-refractivity contribution in [3.8, 4) is 0 Å². The third kappa shape index (κ3) is 8.44. The van der Waals surface area contributed by atoms with Crippen molar-refractivity contribution in [1.82, 2.24) is 0 Å². The molecule has 3 nitrogen and oxygen atoms in total. The first-order valence-corrected chi connectivity index (χ1v) is 5.18. The van der Waals surface area contributed by atoms with Gasteiger partial charge in [0, 0.05) is 0 Å². The molecule has 10 heavy (non-hydrogen) atoms. The summed E-state index contributed by atoms with van der Waals surface area (Å²) in [5, 5.41) is 1.13. The van der Waals surface area contributed by atoms with Crippen molar-refractivity contribution in [3.05, 3.63) is 0 Å². The van der Waals surface area contributed by atoms with Gasteiger partial charge in [-0.2, -0.15) is 0 Å². The van der Waals surface area contributed by atoms with Crippen LogP contribution in [0.25, 0.3) is 0 Å². The third-order valence-corrected chi connectivity index (χ3v) is 1.39. The van der Waals surface area contributed by atoms with Crippen LogP contribution >= 0.6 is 0 Å². The molecule has 0 spiro atoms. The molecule has 4 heteroatoms. The molecule has 62 valence electrons. The van der Waals surface area contributed by atoms with E-state index < -0.39 is 0 Å². The second kappa shape index (κ2) is 9.44. The standard InChI is InChI=1S/C6H16AsNO2/c7-1-3-9-5-6-10-4-2-8/h1-8H2. The summed E-state index contributed by atoms with van der Waals surface area (Å²) in [6.45, 7) is 3.45. The van der Waals surface area contributed by atoms with E-state index in [1.807, 2.05) is 0 Å². The molecular formula is C6H16AsNO2. The van der Waals surface area contributed by atoms with Crippen LogP contribution in [0.4, 0.5) is 0 Å². The van der Waals surface area contributed by atoms with E-state index in [0.29, 0.717) is 26.4 Å². The summed E-state index contributed by atoms with van der Waals surface area (Å²) in [5.41, 5.74) is 5.21. The molecule has 0 fully saturated rings. The van der Waals surface area contributed by atoms with Crippen LogP contribution in [0.1, 0.15) is 0 Å². The molecule has 1 unspecified atom stereocenters. The Hall–Kier alpha value is 0.438. The van der Waals surface area contributed by atoms with Crippen molar-refractivity contribution in [1.29, 1.82) is 0 Å². The van der Waals surface area contributed by atoms with Gasteiger partial charge in [-0.15, -0.1) is 0 Å². The van der Waals surface area contributed by atoms with Gasteiger partial charge in [-0.25, -0.2) is 0 Å². The summed E-state index contributed by atoms with van der Waals surface area (Å²) < 4.78 is 10.3. The molecule has 0 aromatic rings. The van der Waals surface area contributed by atoms with Crippen LogP contribution in [0.2, 0.25) is 5.21 Å². The van der Waals surface area contributed by atoms with E-state index >= 15 is 0 Å². The molecule has 0 radical (unpaired) electrons. The second-order valence-corrected chi connectivity index (χ2v) is 3.01. The van der Waals surface area contributed by atoms with Crippen molar-refractivity contribution < 1.29 is 9.47 Å². The third-order valence-electron chi connectivity index (χ3n) is 0.896. The first-order chi connectivity index (χ1) is 4.91. The van der Waals surface area contributed by atoms with Gasteiger partial charge in [0.1, 0.15) is 0 Å². The molecule has 0 rings (SSSR count). The summed E-state index contributed by atoms with van der Waals surface area (Å²) in [6.07, 6.45) is 0. The maximum absolute atomic E-state index is 5.21. The first kappa shape index (κ1) is 10.4. The normalized spacial score (nSPS) is 10.2. The number of hydrogen-bond acceptors (Lipinski definition) is 3. The van der Waals surface area contributed by atoms with Gasteiger partial charge < -0.3 is 0 Å². The van der Waals surface area contributed by atoms with Crippen LogP contribution in [0, 0.1) is 0 Å². The van der Waals surface area contributed by atoms with Crippen LogP contribution < -0.4 is 5.73 Å². The molecule has 0 aliphatic carbocycles. The Balaban J connectivity index is 2.65. The molecule has 0 heterocycles. The molecule has 2 N–H and O–H groups in total. The van der Waals surface area contributed by atoms with Gasteiger partial charge in [0.25, 0.3) is 0 Å². The van der Waals surface area contributed by atoms with E-state index in [0.717, 1.165) is 11.8 Å². The fourth-order valence-corrected chi connectivity index (χ4v) is 0.838. The second-order valence-electron chi connectivity index (χ2n) is 1.80. The maximum atomic E-state index is 5.21. The number of hydrogen-bond donors (Lipinski definition) is 1. The molecular weight excluding hydrogens is 193 g/mol. The topological polar surface area (TPSA) is 44.5 Å².